The van der Waals surface area contributed by atoms with Crippen molar-refractivity contribution in [1.29, 1.82) is 0 Å². The Balaban J connectivity index is 2.18. The third kappa shape index (κ3) is 2.54. The summed E-state index contributed by atoms with van der Waals surface area (Å²) in [5.74, 6) is 0.491. The smallest absolute Gasteiger partial charge is 0.341 e. The van der Waals surface area contributed by atoms with Gasteiger partial charge in [-0.05, 0) is 12.5 Å². The van der Waals surface area contributed by atoms with Gasteiger partial charge in [-0.3, -0.25) is 0 Å². The Morgan fingerprint density at radius 1 is 1.46 bits per heavy atom. The van der Waals surface area contributed by atoms with Gasteiger partial charge in [-0.2, -0.15) is 0 Å². The molecular weight excluding hydrogens is 308 g/mol. The van der Waals surface area contributed by atoms with Crippen LogP contribution in [0.1, 0.15) is 33.2 Å². The molecule has 2 aliphatic rings. The van der Waals surface area contributed by atoms with Gasteiger partial charge in [0.1, 0.15) is 31.5 Å². The monoisotopic (exact) mass is 334 g/mol. The van der Waals surface area contributed by atoms with E-state index in [1.54, 1.807) is 7.11 Å². The maximum Gasteiger partial charge on any atom is 0.341 e. The van der Waals surface area contributed by atoms with E-state index in [4.69, 9.17) is 14.2 Å². The van der Waals surface area contributed by atoms with Gasteiger partial charge in [-0.1, -0.05) is 0 Å². The molecule has 1 fully saturated rings. The standard InChI is InChI=1S/C18H25N2O4/c1-6-20(4)7-8-23-13(9-20)15-16(19-3)14-12(10-24-18(14)21)11(2)17(15)22-5/h13H,1,6-10H2,2-5H3/p+1. The van der Waals surface area contributed by atoms with Crippen molar-refractivity contribution in [3.05, 3.63) is 29.2 Å². The zero-order valence-electron chi connectivity index (χ0n) is 14.9. The van der Waals surface area contributed by atoms with Gasteiger partial charge >= 0.3 is 5.97 Å². The fourth-order valence-electron chi connectivity index (χ4n) is 3.71. The topological polar surface area (TPSA) is 56.8 Å². The molecule has 6 nitrogen and oxygen atoms in total. The number of anilines is 1. The molecule has 3 rings (SSSR count). The first kappa shape index (κ1) is 17.0. The molecule has 2 atom stereocenters. The summed E-state index contributed by atoms with van der Waals surface area (Å²) < 4.78 is 17.9. The number of likely N-dealkylation sites (N-methyl/N-ethyl adjacent to an activating group) is 1. The summed E-state index contributed by atoms with van der Waals surface area (Å²) in [4.78, 5) is 12.3. The number of ether oxygens (including phenoxy) is 3. The van der Waals surface area contributed by atoms with Crippen LogP contribution in [0, 0.1) is 13.8 Å². The summed E-state index contributed by atoms with van der Waals surface area (Å²) in [7, 11) is 5.66. The van der Waals surface area contributed by atoms with Gasteiger partial charge in [0.2, 0.25) is 0 Å². The highest BCUT2D eigenvalue weighted by molar-refractivity contribution is 6.01. The number of quaternary nitrogens is 1. The molecule has 0 amide bonds. The van der Waals surface area contributed by atoms with E-state index in [1.165, 1.54) is 0 Å². The van der Waals surface area contributed by atoms with E-state index in [-0.39, 0.29) is 12.1 Å². The molecule has 0 bridgehead atoms. The number of esters is 1. The van der Waals surface area contributed by atoms with Crippen LogP contribution in [0.5, 0.6) is 5.75 Å². The van der Waals surface area contributed by atoms with Crippen LogP contribution in [-0.4, -0.2) is 57.9 Å². The predicted octanol–water partition coefficient (Wildman–Crippen LogP) is 2.07. The van der Waals surface area contributed by atoms with E-state index in [2.05, 4.69) is 19.3 Å². The van der Waals surface area contributed by atoms with Crippen molar-refractivity contribution in [3.8, 4) is 5.75 Å². The van der Waals surface area contributed by atoms with E-state index in [0.29, 0.717) is 18.8 Å². The molecule has 0 aromatic heterocycles. The maximum atomic E-state index is 12.3. The quantitative estimate of drug-likeness (QED) is 0.675. The molecule has 1 saturated heterocycles. The summed E-state index contributed by atoms with van der Waals surface area (Å²) in [6.07, 6.45) is -0.153. The van der Waals surface area contributed by atoms with Crippen LogP contribution < -0.4 is 10.1 Å². The number of cyclic esters (lactones) is 1. The van der Waals surface area contributed by atoms with Crippen molar-refractivity contribution in [2.45, 2.75) is 19.6 Å². The van der Waals surface area contributed by atoms with Crippen molar-refractivity contribution in [1.82, 2.24) is 0 Å². The highest BCUT2D eigenvalue weighted by Crippen LogP contribution is 2.45. The number of carbonyl (C=O) groups excluding carboxylic acids is 1. The SMILES string of the molecule is [CH2]C[N+]1(C)CCOC(c2c(NC)c3c(c(C)c2OC)COC3=O)C1. The van der Waals surface area contributed by atoms with Crippen molar-refractivity contribution in [3.63, 3.8) is 0 Å². The number of nitrogens with zero attached hydrogens (tertiary/aromatic N) is 1. The Labute approximate surface area is 143 Å². The molecular formula is C18H26N2O4+. The number of hydrogen-bond donors (Lipinski definition) is 1. The molecule has 1 aromatic rings. The normalized spacial score (nSPS) is 26.0. The first-order chi connectivity index (χ1) is 11.5. The molecule has 0 aliphatic carbocycles. The Morgan fingerprint density at radius 2 is 2.21 bits per heavy atom. The van der Waals surface area contributed by atoms with E-state index >= 15 is 0 Å². The molecule has 131 valence electrons. The average molecular weight is 334 g/mol. The van der Waals surface area contributed by atoms with E-state index in [1.807, 2.05) is 14.0 Å². The molecule has 2 heterocycles. The van der Waals surface area contributed by atoms with Gasteiger partial charge in [0.15, 0.2) is 0 Å². The number of hydrogen-bond acceptors (Lipinski definition) is 5. The summed E-state index contributed by atoms with van der Waals surface area (Å²) in [6, 6.07) is 0. The van der Waals surface area contributed by atoms with Gasteiger partial charge in [0, 0.05) is 19.5 Å². The molecule has 0 spiro atoms. The van der Waals surface area contributed by atoms with E-state index in [0.717, 1.165) is 52.2 Å². The molecule has 1 N–H and O–H groups in total. The zero-order chi connectivity index (χ0) is 17.5. The fourth-order valence-corrected chi connectivity index (χ4v) is 3.71. The second-order valence-corrected chi connectivity index (χ2v) is 6.74. The fraction of sp³-hybridized carbons (Fsp3) is 0.556. The second-order valence-electron chi connectivity index (χ2n) is 6.74. The van der Waals surface area contributed by atoms with Crippen LogP contribution in [0.25, 0.3) is 0 Å². The van der Waals surface area contributed by atoms with Gasteiger partial charge in [0.05, 0.1) is 44.1 Å². The average Bonchev–Trinajstić information content (AvgIpc) is 2.97. The molecule has 2 unspecified atom stereocenters. The summed E-state index contributed by atoms with van der Waals surface area (Å²) in [5, 5.41) is 3.19. The van der Waals surface area contributed by atoms with E-state index in [9.17, 15) is 4.79 Å². The minimum absolute atomic E-state index is 0.153. The highest BCUT2D eigenvalue weighted by atomic mass is 16.5. The Bertz CT molecular complexity index is 674. The van der Waals surface area contributed by atoms with Gasteiger partial charge in [-0.25, -0.2) is 4.79 Å². The predicted molar refractivity (Wildman–Crippen MR) is 91.2 cm³/mol. The third-order valence-corrected chi connectivity index (χ3v) is 5.28. The maximum absolute atomic E-state index is 12.3. The Morgan fingerprint density at radius 3 is 2.83 bits per heavy atom. The number of fused-ring (bicyclic) bond motifs is 1. The van der Waals surface area contributed by atoms with Gasteiger partial charge in [-0.15, -0.1) is 0 Å². The number of carbonyl (C=O) groups is 1. The lowest BCUT2D eigenvalue weighted by atomic mass is 9.92. The largest absolute Gasteiger partial charge is 0.496 e. The first-order valence-electron chi connectivity index (χ1n) is 8.28. The van der Waals surface area contributed by atoms with Crippen molar-refractivity contribution < 1.29 is 23.5 Å². The number of benzene rings is 1. The number of methoxy groups -OCH3 is 1. The summed E-state index contributed by atoms with van der Waals surface area (Å²) >= 11 is 0. The minimum atomic E-state index is -0.286. The number of nitrogens with one attached hydrogen (secondary N) is 1. The first-order valence-corrected chi connectivity index (χ1v) is 8.28. The van der Waals surface area contributed by atoms with Crippen molar-refractivity contribution in [2.75, 3.05) is 52.8 Å². The Hall–Kier alpha value is -1.79. The molecule has 6 heteroatoms. The number of rotatable bonds is 4. The molecule has 1 aromatic carbocycles. The van der Waals surface area contributed by atoms with Crippen LogP contribution in [0.3, 0.4) is 0 Å². The van der Waals surface area contributed by atoms with Gasteiger partial charge < -0.3 is 24.0 Å². The van der Waals surface area contributed by atoms with Gasteiger partial charge in [0.25, 0.3) is 0 Å². The lowest BCUT2D eigenvalue weighted by molar-refractivity contribution is -0.916. The van der Waals surface area contributed by atoms with Crippen LogP contribution >= 0.6 is 0 Å². The van der Waals surface area contributed by atoms with Crippen LogP contribution in [0.2, 0.25) is 0 Å². The van der Waals surface area contributed by atoms with E-state index < -0.39 is 0 Å². The molecule has 0 saturated carbocycles. The molecule has 2 aliphatic heterocycles. The second kappa shape index (κ2) is 6.26. The Kier molecular flexibility index (Phi) is 4.44. The lowest BCUT2D eigenvalue weighted by Gasteiger charge is -2.41. The summed E-state index contributed by atoms with van der Waals surface area (Å²) in [5.41, 5.74) is 4.13. The van der Waals surface area contributed by atoms with Crippen molar-refractivity contribution in [2.24, 2.45) is 0 Å². The number of morpholine rings is 1. The lowest BCUT2D eigenvalue weighted by Crippen LogP contribution is -2.52. The molecule has 24 heavy (non-hydrogen) atoms. The zero-order valence-corrected chi connectivity index (χ0v) is 14.9. The third-order valence-electron chi connectivity index (χ3n) is 5.28. The molecule has 1 radical (unpaired) electrons. The van der Waals surface area contributed by atoms with Crippen LogP contribution in [0.15, 0.2) is 0 Å². The van der Waals surface area contributed by atoms with Crippen LogP contribution in [-0.2, 0) is 16.1 Å². The summed E-state index contributed by atoms with van der Waals surface area (Å²) in [6.45, 7) is 9.52. The highest BCUT2D eigenvalue weighted by Gasteiger charge is 2.39. The minimum Gasteiger partial charge on any atom is -0.496 e. The van der Waals surface area contributed by atoms with Crippen LogP contribution in [0.4, 0.5) is 5.69 Å². The van der Waals surface area contributed by atoms with Crippen molar-refractivity contribution >= 4 is 11.7 Å².